The van der Waals surface area contributed by atoms with Crippen molar-refractivity contribution in [1.82, 2.24) is 24.9 Å². The van der Waals surface area contributed by atoms with Gasteiger partial charge in [-0.05, 0) is 58.7 Å². The largest absolute Gasteiger partial charge is 0.444 e. The molecule has 2 heterocycles. The molecule has 32 heavy (non-hydrogen) atoms. The van der Waals surface area contributed by atoms with Crippen LogP contribution in [0.15, 0.2) is 24.3 Å². The number of nitrogens with zero attached hydrogens (tertiary/aromatic N) is 4. The van der Waals surface area contributed by atoms with Gasteiger partial charge >= 0.3 is 6.09 Å². The summed E-state index contributed by atoms with van der Waals surface area (Å²) in [5, 5.41) is 9.62. The van der Waals surface area contributed by atoms with Crippen LogP contribution in [0, 0.1) is 19.7 Å². The average Bonchev–Trinajstić information content (AvgIpc) is 3.10. The molecule has 0 radical (unpaired) electrons. The van der Waals surface area contributed by atoms with Gasteiger partial charge in [-0.15, -0.1) is 5.10 Å². The van der Waals surface area contributed by atoms with E-state index in [2.05, 4.69) is 25.7 Å². The summed E-state index contributed by atoms with van der Waals surface area (Å²) < 4.78 is 20.5. The van der Waals surface area contributed by atoms with Crippen molar-refractivity contribution in [2.24, 2.45) is 0 Å². The predicted octanol–water partition coefficient (Wildman–Crippen LogP) is 3.48. The van der Waals surface area contributed by atoms with Gasteiger partial charge in [0.25, 0.3) is 5.78 Å². The van der Waals surface area contributed by atoms with E-state index in [1.807, 2.05) is 13.8 Å². The molecule has 0 aliphatic rings. The number of rotatable bonds is 6. The van der Waals surface area contributed by atoms with Crippen molar-refractivity contribution < 1.29 is 18.7 Å². The molecule has 2 aromatic heterocycles. The lowest BCUT2D eigenvalue weighted by Gasteiger charge is -2.19. The molecule has 170 valence electrons. The molecule has 0 fully saturated rings. The number of anilines is 1. The van der Waals surface area contributed by atoms with E-state index < -0.39 is 17.5 Å². The zero-order valence-corrected chi connectivity index (χ0v) is 18.8. The quantitative estimate of drug-likeness (QED) is 0.605. The zero-order chi connectivity index (χ0) is 23.5. The second-order valence-corrected chi connectivity index (χ2v) is 8.38. The van der Waals surface area contributed by atoms with Gasteiger partial charge in [-0.1, -0.05) is 12.1 Å². The van der Waals surface area contributed by atoms with E-state index in [1.165, 1.54) is 12.1 Å². The third kappa shape index (κ3) is 5.77. The highest BCUT2D eigenvalue weighted by molar-refractivity contribution is 5.90. The number of amides is 2. The van der Waals surface area contributed by atoms with Gasteiger partial charge in [-0.25, -0.2) is 18.7 Å². The van der Waals surface area contributed by atoms with E-state index in [4.69, 9.17) is 4.74 Å². The molecule has 0 atom stereocenters. The van der Waals surface area contributed by atoms with Crippen molar-refractivity contribution >= 4 is 23.5 Å². The Labute approximate surface area is 185 Å². The van der Waals surface area contributed by atoms with Crippen molar-refractivity contribution in [3.8, 4) is 0 Å². The van der Waals surface area contributed by atoms with E-state index in [-0.39, 0.29) is 24.6 Å². The van der Waals surface area contributed by atoms with Crippen molar-refractivity contribution in [1.29, 1.82) is 0 Å². The van der Waals surface area contributed by atoms with Crippen LogP contribution in [0.4, 0.5) is 14.9 Å². The molecule has 3 rings (SSSR count). The second-order valence-electron chi connectivity index (χ2n) is 8.38. The fourth-order valence-electron chi connectivity index (χ4n) is 3.17. The highest BCUT2D eigenvalue weighted by atomic mass is 19.1. The van der Waals surface area contributed by atoms with E-state index in [1.54, 1.807) is 37.4 Å². The minimum absolute atomic E-state index is 0.0944. The average molecular weight is 442 g/mol. The van der Waals surface area contributed by atoms with E-state index in [9.17, 15) is 14.0 Å². The number of fused-ring (bicyclic) bond motifs is 1. The molecule has 10 heteroatoms. The predicted molar refractivity (Wildman–Crippen MR) is 117 cm³/mol. The van der Waals surface area contributed by atoms with Crippen LogP contribution in [0.2, 0.25) is 0 Å². The molecule has 2 N–H and O–H groups in total. The first kappa shape index (κ1) is 23.1. The highest BCUT2D eigenvalue weighted by Crippen LogP contribution is 2.17. The molecule has 2 amide bonds. The zero-order valence-electron chi connectivity index (χ0n) is 18.8. The normalized spacial score (nSPS) is 11.4. The van der Waals surface area contributed by atoms with Crippen LogP contribution in [0.1, 0.15) is 50.0 Å². The number of benzene rings is 1. The molecule has 0 unspecified atom stereocenters. The van der Waals surface area contributed by atoms with Crippen molar-refractivity contribution in [2.75, 3.05) is 5.32 Å². The first-order valence-corrected chi connectivity index (χ1v) is 10.3. The molecule has 0 aliphatic heterocycles. The second kappa shape index (κ2) is 9.29. The van der Waals surface area contributed by atoms with Crippen molar-refractivity contribution in [3.63, 3.8) is 0 Å². The fourth-order valence-corrected chi connectivity index (χ4v) is 3.17. The lowest BCUT2D eigenvalue weighted by Crippen LogP contribution is -2.32. The molecule has 3 aromatic rings. The van der Waals surface area contributed by atoms with Crippen LogP contribution in [0.25, 0.3) is 5.78 Å². The van der Waals surface area contributed by atoms with Gasteiger partial charge in [0.15, 0.2) is 5.82 Å². The molecular weight excluding hydrogens is 415 g/mol. The Hall–Kier alpha value is -3.56. The van der Waals surface area contributed by atoms with Crippen LogP contribution >= 0.6 is 0 Å². The number of nitrogens with one attached hydrogen (secondary N) is 2. The third-order valence-electron chi connectivity index (χ3n) is 4.63. The van der Waals surface area contributed by atoms with E-state index in [0.29, 0.717) is 18.0 Å². The molecular formula is C22H27FN6O3. The number of aromatic nitrogens is 4. The maximum Gasteiger partial charge on any atom is 0.408 e. The van der Waals surface area contributed by atoms with Crippen LogP contribution in [-0.2, 0) is 22.5 Å². The minimum Gasteiger partial charge on any atom is -0.444 e. The van der Waals surface area contributed by atoms with Gasteiger partial charge in [0.05, 0.1) is 12.2 Å². The molecule has 0 saturated heterocycles. The Kier molecular flexibility index (Phi) is 6.71. The number of halogens is 1. The number of aryl methyl sites for hydroxylation is 2. The number of hydrogen-bond donors (Lipinski definition) is 2. The molecule has 0 saturated carbocycles. The van der Waals surface area contributed by atoms with E-state index >= 15 is 0 Å². The Morgan fingerprint density at radius 1 is 1.16 bits per heavy atom. The maximum atomic E-state index is 13.7. The molecule has 0 aliphatic carbocycles. The maximum absolute atomic E-state index is 13.7. The Morgan fingerprint density at radius 2 is 1.88 bits per heavy atom. The van der Waals surface area contributed by atoms with Crippen LogP contribution < -0.4 is 10.6 Å². The SMILES string of the molecule is Cc1nc2nc(CNC(=O)OC(C)(C)C)nn2c(C)c1CCC(=O)Nc1ccccc1F. The van der Waals surface area contributed by atoms with Gasteiger partial charge in [0.2, 0.25) is 5.91 Å². The summed E-state index contributed by atoms with van der Waals surface area (Å²) in [7, 11) is 0. The molecule has 0 bridgehead atoms. The number of carbonyl (C=O) groups is 2. The molecule has 1 aromatic carbocycles. The summed E-state index contributed by atoms with van der Waals surface area (Å²) in [5.41, 5.74) is 1.93. The highest BCUT2D eigenvalue weighted by Gasteiger charge is 2.18. The lowest BCUT2D eigenvalue weighted by molar-refractivity contribution is -0.116. The number of alkyl carbamates (subject to hydrolysis) is 1. The van der Waals surface area contributed by atoms with Crippen LogP contribution in [0.3, 0.4) is 0 Å². The number of hydrogen-bond acceptors (Lipinski definition) is 6. The standard InChI is InChI=1S/C22H27FN6O3/c1-13-15(10-11-19(30)26-17-9-7-6-8-16(17)23)14(2)29-20(25-13)27-18(28-29)12-24-21(31)32-22(3,4)5/h6-9H,10-12H2,1-5H3,(H,24,31)(H,26,30). The van der Waals surface area contributed by atoms with Gasteiger partial charge < -0.3 is 15.4 Å². The smallest absolute Gasteiger partial charge is 0.408 e. The van der Waals surface area contributed by atoms with Crippen molar-refractivity contribution in [3.05, 3.63) is 52.9 Å². The van der Waals surface area contributed by atoms with Crippen molar-refractivity contribution in [2.45, 2.75) is 59.6 Å². The molecule has 9 nitrogen and oxygen atoms in total. The molecule has 0 spiro atoms. The summed E-state index contributed by atoms with van der Waals surface area (Å²) in [6.07, 6.45) is 0.00997. The summed E-state index contributed by atoms with van der Waals surface area (Å²) in [6.45, 7) is 9.14. The van der Waals surface area contributed by atoms with Gasteiger partial charge in [-0.2, -0.15) is 4.98 Å². The first-order valence-electron chi connectivity index (χ1n) is 10.3. The van der Waals surface area contributed by atoms with E-state index in [0.717, 1.165) is 17.0 Å². The summed E-state index contributed by atoms with van der Waals surface area (Å²) in [5.74, 6) is 0.0159. The first-order chi connectivity index (χ1) is 15.0. The van der Waals surface area contributed by atoms with Gasteiger partial charge in [0.1, 0.15) is 11.4 Å². The third-order valence-corrected chi connectivity index (χ3v) is 4.63. The van der Waals surface area contributed by atoms with Gasteiger partial charge in [0, 0.05) is 17.8 Å². The van der Waals surface area contributed by atoms with Crippen LogP contribution in [0.5, 0.6) is 0 Å². The summed E-state index contributed by atoms with van der Waals surface area (Å²) in [4.78, 5) is 33.0. The monoisotopic (exact) mass is 442 g/mol. The topological polar surface area (TPSA) is 111 Å². The Bertz CT molecular complexity index is 1150. The van der Waals surface area contributed by atoms with Crippen LogP contribution in [-0.4, -0.2) is 37.2 Å². The summed E-state index contributed by atoms with van der Waals surface area (Å²) >= 11 is 0. The van der Waals surface area contributed by atoms with Gasteiger partial charge in [-0.3, -0.25) is 4.79 Å². The number of ether oxygens (including phenoxy) is 1. The Balaban J connectivity index is 1.68. The minimum atomic E-state index is -0.598. The lowest BCUT2D eigenvalue weighted by atomic mass is 10.1. The summed E-state index contributed by atoms with van der Waals surface area (Å²) in [6, 6.07) is 6.03. The number of para-hydroxylation sites is 1. The Morgan fingerprint density at radius 3 is 2.56 bits per heavy atom. The fraction of sp³-hybridized carbons (Fsp3) is 0.409. The number of carbonyl (C=O) groups excluding carboxylic acids is 2.